The van der Waals surface area contributed by atoms with Crippen molar-refractivity contribution in [3.05, 3.63) is 59.8 Å². The third kappa shape index (κ3) is 6.68. The highest BCUT2D eigenvalue weighted by Crippen LogP contribution is 2.28. The molecule has 0 aliphatic carbocycles. The van der Waals surface area contributed by atoms with E-state index in [0.29, 0.717) is 40.8 Å². The maximum atomic E-state index is 12.3. The minimum atomic E-state index is -0.612. The third-order valence-electron chi connectivity index (χ3n) is 3.62. The normalized spacial score (nSPS) is 10.9. The minimum absolute atomic E-state index is 0.0883. The van der Waals surface area contributed by atoms with E-state index in [0.717, 1.165) is 0 Å². The average Bonchev–Trinajstić information content (AvgIpc) is 2.69. The summed E-state index contributed by atoms with van der Waals surface area (Å²) in [6, 6.07) is 10.7. The first-order valence-corrected chi connectivity index (χ1v) is 9.04. The summed E-state index contributed by atoms with van der Waals surface area (Å²) in [4.78, 5) is 12.3. The molecule has 0 bridgehead atoms. The number of urea groups is 1. The zero-order valence-corrected chi connectivity index (χ0v) is 16.3. The van der Waals surface area contributed by atoms with Crippen LogP contribution >= 0.6 is 11.6 Å². The van der Waals surface area contributed by atoms with Crippen molar-refractivity contribution >= 4 is 40.9 Å². The van der Waals surface area contributed by atoms with Gasteiger partial charge in [-0.1, -0.05) is 30.3 Å². The van der Waals surface area contributed by atoms with Gasteiger partial charge in [-0.25, -0.2) is 4.79 Å². The molecule has 0 aliphatic rings. The molecule has 0 radical (unpaired) electrons. The maximum absolute atomic E-state index is 12.3. The third-order valence-corrected chi connectivity index (χ3v) is 3.85. The van der Waals surface area contributed by atoms with Crippen molar-refractivity contribution in [1.82, 2.24) is 5.32 Å². The summed E-state index contributed by atoms with van der Waals surface area (Å²) in [5.74, 6) is 0.444. The van der Waals surface area contributed by atoms with Gasteiger partial charge in [0.25, 0.3) is 5.69 Å². The Hall–Kier alpha value is -3.27. The Balaban J connectivity index is 2.05. The van der Waals surface area contributed by atoms with E-state index in [1.807, 2.05) is 5.48 Å². The summed E-state index contributed by atoms with van der Waals surface area (Å²) in [6.45, 7) is 4.56. The van der Waals surface area contributed by atoms with Crippen LogP contribution in [0.25, 0.3) is 0 Å². The first-order valence-electron chi connectivity index (χ1n) is 8.66. The monoisotopic (exact) mass is 420 g/mol. The minimum Gasteiger partial charge on any atom is -0.491 e. The van der Waals surface area contributed by atoms with Gasteiger partial charge in [-0.15, -0.1) is 0 Å². The second-order valence-corrected chi connectivity index (χ2v) is 6.27. The van der Waals surface area contributed by atoms with Crippen molar-refractivity contribution in [2.75, 3.05) is 23.9 Å². The summed E-state index contributed by atoms with van der Waals surface area (Å²) in [5.41, 5.74) is 8.40. The molecule has 0 aromatic heterocycles. The Morgan fingerprint density at radius 2 is 2.03 bits per heavy atom. The lowest BCUT2D eigenvalue weighted by Gasteiger charge is -2.13. The molecule has 2 amide bonds. The number of nitrogens with zero attached hydrogens (tertiary/aromatic N) is 1. The van der Waals surface area contributed by atoms with Gasteiger partial charge in [-0.2, -0.15) is 0 Å². The zero-order chi connectivity index (χ0) is 21.2. The van der Waals surface area contributed by atoms with Crippen LogP contribution in [0.1, 0.15) is 6.42 Å². The first kappa shape index (κ1) is 22.0. The van der Waals surface area contributed by atoms with Crippen LogP contribution in [-0.2, 0) is 0 Å². The molecule has 0 heterocycles. The van der Waals surface area contributed by atoms with Gasteiger partial charge in [0.2, 0.25) is 6.21 Å². The Morgan fingerprint density at radius 1 is 1.28 bits per heavy atom. The van der Waals surface area contributed by atoms with Crippen LogP contribution in [0.2, 0.25) is 5.02 Å². The fourth-order valence-electron chi connectivity index (χ4n) is 2.31. The highest BCUT2D eigenvalue weighted by Gasteiger charge is 2.15. The number of hydrogen-bond acceptors (Lipinski definition) is 6. The van der Waals surface area contributed by atoms with Gasteiger partial charge in [0.05, 0.1) is 12.3 Å². The van der Waals surface area contributed by atoms with Gasteiger partial charge in [0.1, 0.15) is 17.1 Å². The maximum Gasteiger partial charge on any atom is 0.323 e. The van der Waals surface area contributed by atoms with Gasteiger partial charge in [-0.05, 0) is 37.2 Å². The smallest absolute Gasteiger partial charge is 0.323 e. The fraction of sp³-hybridized carbons (Fsp3) is 0.158. The summed E-state index contributed by atoms with van der Waals surface area (Å²) in [5, 5.41) is 24.8. The largest absolute Gasteiger partial charge is 0.491 e. The molecular weight excluding hydrogens is 398 g/mol. The Labute approximate surface area is 173 Å². The van der Waals surface area contributed by atoms with E-state index in [4.69, 9.17) is 27.3 Å². The number of carbonyl (C=O) groups is 1. The summed E-state index contributed by atoms with van der Waals surface area (Å²) in [6.07, 6.45) is 1.84. The highest BCUT2D eigenvalue weighted by atomic mass is 35.5. The summed E-state index contributed by atoms with van der Waals surface area (Å²) < 4.78 is 6.31. The van der Waals surface area contributed by atoms with Crippen molar-refractivity contribution in [3.63, 3.8) is 0 Å². The van der Waals surface area contributed by atoms with Crippen LogP contribution in [0.4, 0.5) is 21.9 Å². The quantitative estimate of drug-likeness (QED) is 0.121. The van der Waals surface area contributed by atoms with E-state index < -0.39 is 6.03 Å². The number of halogens is 1. The van der Waals surface area contributed by atoms with Crippen molar-refractivity contribution in [2.24, 2.45) is 5.73 Å². The molecule has 0 atom stereocenters. The number of rotatable bonds is 9. The predicted molar refractivity (Wildman–Crippen MR) is 112 cm³/mol. The number of nitrogens with two attached hydrogens (primary N) is 1. The van der Waals surface area contributed by atoms with Crippen LogP contribution in [0, 0.1) is 0 Å². The lowest BCUT2D eigenvalue weighted by molar-refractivity contribution is -0.708. The van der Waals surface area contributed by atoms with Crippen molar-refractivity contribution < 1.29 is 24.7 Å². The lowest BCUT2D eigenvalue weighted by Crippen LogP contribution is -2.29. The number of para-hydroxylation sites is 2. The van der Waals surface area contributed by atoms with E-state index in [9.17, 15) is 10.0 Å². The van der Waals surface area contributed by atoms with Gasteiger partial charge < -0.3 is 21.1 Å². The van der Waals surface area contributed by atoms with Crippen molar-refractivity contribution in [2.45, 2.75) is 6.42 Å². The molecule has 29 heavy (non-hydrogen) atoms. The van der Waals surface area contributed by atoms with E-state index >= 15 is 0 Å². The molecular formula is C19H23ClN5O4+. The molecule has 154 valence electrons. The van der Waals surface area contributed by atoms with Gasteiger partial charge in [0.15, 0.2) is 0 Å². The number of amides is 2. The molecule has 0 fully saturated rings. The second-order valence-electron chi connectivity index (χ2n) is 5.84. The molecule has 10 heteroatoms. The van der Waals surface area contributed by atoms with Crippen LogP contribution < -0.4 is 26.6 Å². The Kier molecular flexibility index (Phi) is 8.28. The number of allylic oxidation sites excluding steroid dienone is 1. The lowest BCUT2D eigenvalue weighted by atomic mass is 10.3. The number of ether oxygens (including phenoxy) is 1. The van der Waals surface area contributed by atoms with Crippen LogP contribution in [-0.4, -0.2) is 40.6 Å². The number of anilines is 2. The number of hydrogen-bond donors (Lipinski definition) is 6. The van der Waals surface area contributed by atoms with E-state index in [1.165, 1.54) is 6.21 Å². The number of nitrogens with one attached hydrogen (secondary N) is 3. The summed E-state index contributed by atoms with van der Waals surface area (Å²) >= 11 is 6.00. The fourth-order valence-corrected chi connectivity index (χ4v) is 2.48. The van der Waals surface area contributed by atoms with Crippen LogP contribution in [0.15, 0.2) is 54.7 Å². The zero-order valence-electron chi connectivity index (χ0n) is 15.6. The summed E-state index contributed by atoms with van der Waals surface area (Å²) in [7, 11) is 0. The molecule has 7 N–H and O–H groups in total. The topological polar surface area (TPSA) is 132 Å². The molecule has 2 aromatic carbocycles. The van der Waals surface area contributed by atoms with Crippen molar-refractivity contribution in [3.8, 4) is 5.75 Å². The van der Waals surface area contributed by atoms with Gasteiger partial charge >= 0.3 is 6.03 Å². The van der Waals surface area contributed by atoms with E-state index in [-0.39, 0.29) is 17.1 Å². The molecule has 2 rings (SSSR count). The molecule has 2 aromatic rings. The highest BCUT2D eigenvalue weighted by molar-refractivity contribution is 6.31. The predicted octanol–water partition coefficient (Wildman–Crippen LogP) is 3.31. The van der Waals surface area contributed by atoms with E-state index in [1.54, 1.807) is 42.5 Å². The Bertz CT molecular complexity index is 904. The number of benzene rings is 2. The van der Waals surface area contributed by atoms with Crippen molar-refractivity contribution in [1.29, 1.82) is 0 Å². The van der Waals surface area contributed by atoms with Crippen LogP contribution in [0.3, 0.4) is 0 Å². The average molecular weight is 421 g/mol. The second kappa shape index (κ2) is 10.9. The number of carbonyl (C=O) groups excluding carboxylic acids is 1. The first-order chi connectivity index (χ1) is 13.9. The Morgan fingerprint density at radius 3 is 2.76 bits per heavy atom. The molecule has 0 unspecified atom stereocenters. The molecule has 0 spiro atoms. The van der Waals surface area contributed by atoms with Gasteiger partial charge in [0, 0.05) is 15.8 Å². The SMILES string of the molecule is C=C(/C=[N+](/O)c1ccccc1NO)NC(=O)Nc1cc(Cl)ccc1OCCCN. The van der Waals surface area contributed by atoms with E-state index in [2.05, 4.69) is 17.2 Å². The standard InChI is InChI=1S/C19H22ClN5O4/c1-13(12-25(28)17-6-3-2-5-15(17)24-27)22-19(26)23-16-11-14(20)7-8-18(16)29-10-4-9-21/h2-3,5-8,11-12,24,27H,1,4,9-10,21H2,(H2-,22,23,26,28)/p+1/b25-12+. The molecule has 0 saturated carbocycles. The molecule has 0 saturated heterocycles. The molecule has 9 nitrogen and oxygen atoms in total. The van der Waals surface area contributed by atoms with Gasteiger partial charge in [-0.3, -0.25) is 15.9 Å². The van der Waals surface area contributed by atoms with Crippen LogP contribution in [0.5, 0.6) is 5.75 Å². The molecule has 0 aliphatic heterocycles.